The molecule has 0 bridgehead atoms. The van der Waals surface area contributed by atoms with E-state index >= 15 is 0 Å². The van der Waals surface area contributed by atoms with Crippen molar-refractivity contribution in [2.75, 3.05) is 26.6 Å². The summed E-state index contributed by atoms with van der Waals surface area (Å²) in [6.07, 6.45) is 5.98. The molecule has 0 aliphatic carbocycles. The van der Waals surface area contributed by atoms with Crippen LogP contribution in [0.3, 0.4) is 0 Å². The van der Waals surface area contributed by atoms with Crippen molar-refractivity contribution in [3.05, 3.63) is 54.6 Å². The Hall–Kier alpha value is -3.20. The largest absolute Gasteiger partial charge is 0.489 e. The number of nitrogens with zero attached hydrogens (tertiary/aromatic N) is 5. The molecule has 2 heterocycles. The number of carbonyl (C=O) groups is 1. The number of alkyl halides is 1. The zero-order valence-corrected chi connectivity index (χ0v) is 23.0. The number of aromatic nitrogens is 3. The fourth-order valence-corrected chi connectivity index (χ4v) is 3.24. The van der Waals surface area contributed by atoms with Gasteiger partial charge in [0.15, 0.2) is 17.1 Å². The van der Waals surface area contributed by atoms with Crippen molar-refractivity contribution < 1.29 is 18.7 Å². The number of pyridine rings is 1. The summed E-state index contributed by atoms with van der Waals surface area (Å²) in [5.41, 5.74) is 0.836. The lowest BCUT2D eigenvalue weighted by molar-refractivity contribution is 0.0182. The molecule has 0 spiro atoms. The number of hydrogen-bond acceptors (Lipinski definition) is 6. The highest BCUT2D eigenvalue weighted by Gasteiger charge is 2.27. The van der Waals surface area contributed by atoms with Crippen molar-refractivity contribution in [2.45, 2.75) is 52.7 Å². The molecule has 2 aromatic heterocycles. The average molecular weight is 522 g/mol. The van der Waals surface area contributed by atoms with Crippen LogP contribution in [0.2, 0.25) is 0 Å². The van der Waals surface area contributed by atoms with E-state index in [9.17, 15) is 9.18 Å². The third kappa shape index (κ3) is 8.19. The van der Waals surface area contributed by atoms with Crippen LogP contribution in [0.5, 0.6) is 5.75 Å². The van der Waals surface area contributed by atoms with Gasteiger partial charge in [-0.1, -0.05) is 12.7 Å². The van der Waals surface area contributed by atoms with Gasteiger partial charge in [0.05, 0.1) is 30.2 Å². The Balaban J connectivity index is 0.00000316. The van der Waals surface area contributed by atoms with E-state index in [2.05, 4.69) is 39.8 Å². The second kappa shape index (κ2) is 14.4. The second-order valence-electron chi connectivity index (χ2n) is 8.53. The van der Waals surface area contributed by atoms with E-state index in [4.69, 9.17) is 9.47 Å². The SMILES string of the molecule is C=CCCOc1cc(-c2cc(C(C)N(CC)C(=O)OC(C)(C)C)ncc2F)nn(C=C)c1=NC.CCl. The Morgan fingerprint density at radius 1 is 1.33 bits per heavy atom. The van der Waals surface area contributed by atoms with E-state index in [1.54, 1.807) is 46.0 Å². The predicted molar refractivity (Wildman–Crippen MR) is 142 cm³/mol. The lowest BCUT2D eigenvalue weighted by atomic mass is 10.1. The van der Waals surface area contributed by atoms with E-state index in [1.807, 2.05) is 13.8 Å². The van der Waals surface area contributed by atoms with Crippen molar-refractivity contribution in [1.29, 1.82) is 0 Å². The van der Waals surface area contributed by atoms with Gasteiger partial charge in [-0.05, 0) is 47.1 Å². The van der Waals surface area contributed by atoms with Crippen molar-refractivity contribution in [3.8, 4) is 17.0 Å². The minimum atomic E-state index is -0.637. The van der Waals surface area contributed by atoms with Gasteiger partial charge >= 0.3 is 6.09 Å². The molecule has 1 atom stereocenters. The molecule has 0 aliphatic rings. The fourth-order valence-electron chi connectivity index (χ4n) is 3.24. The van der Waals surface area contributed by atoms with Crippen LogP contribution < -0.4 is 10.2 Å². The summed E-state index contributed by atoms with van der Waals surface area (Å²) in [6, 6.07) is 2.75. The quantitative estimate of drug-likeness (QED) is 0.235. The fraction of sp³-hybridized carbons (Fsp3) is 0.462. The van der Waals surface area contributed by atoms with Crippen molar-refractivity contribution in [3.63, 3.8) is 0 Å². The molecule has 0 aliphatic heterocycles. The van der Waals surface area contributed by atoms with Gasteiger partial charge in [-0.2, -0.15) is 5.10 Å². The number of ether oxygens (including phenoxy) is 2. The second-order valence-corrected chi connectivity index (χ2v) is 8.53. The molecule has 0 saturated heterocycles. The molecule has 0 N–H and O–H groups in total. The molecule has 1 unspecified atom stereocenters. The van der Waals surface area contributed by atoms with E-state index in [0.717, 1.165) is 6.20 Å². The Morgan fingerprint density at radius 2 is 2.00 bits per heavy atom. The first-order chi connectivity index (χ1) is 17.1. The third-order valence-electron chi connectivity index (χ3n) is 4.90. The van der Waals surface area contributed by atoms with Crippen LogP contribution in [0.1, 0.15) is 52.8 Å². The molecule has 0 fully saturated rings. The summed E-state index contributed by atoms with van der Waals surface area (Å²) < 4.78 is 27.7. The molecule has 1 amide bonds. The number of hydrogen-bond donors (Lipinski definition) is 0. The Morgan fingerprint density at radius 3 is 2.53 bits per heavy atom. The van der Waals surface area contributed by atoms with Crippen LogP contribution in [-0.2, 0) is 4.74 Å². The van der Waals surface area contributed by atoms with Gasteiger partial charge in [0, 0.05) is 37.8 Å². The first-order valence-electron chi connectivity index (χ1n) is 11.5. The maximum Gasteiger partial charge on any atom is 0.410 e. The van der Waals surface area contributed by atoms with E-state index in [-0.39, 0.29) is 5.56 Å². The summed E-state index contributed by atoms with van der Waals surface area (Å²) in [5.74, 6) is -0.124. The minimum absolute atomic E-state index is 0.212. The van der Waals surface area contributed by atoms with E-state index < -0.39 is 23.6 Å². The number of halogens is 2. The summed E-state index contributed by atoms with van der Waals surface area (Å²) >= 11 is 4.64. The van der Waals surface area contributed by atoms with Gasteiger partial charge in [0.2, 0.25) is 0 Å². The summed E-state index contributed by atoms with van der Waals surface area (Å²) in [7, 11) is 1.61. The normalized spacial score (nSPS) is 12.2. The van der Waals surface area contributed by atoms with E-state index in [1.165, 1.54) is 22.2 Å². The molecular weight excluding hydrogens is 485 g/mol. The maximum absolute atomic E-state index is 14.9. The van der Waals surface area contributed by atoms with Crippen LogP contribution in [0.25, 0.3) is 17.5 Å². The summed E-state index contributed by atoms with van der Waals surface area (Å²) in [4.78, 5) is 22.7. The molecule has 10 heteroatoms. The number of rotatable bonds is 9. The van der Waals surface area contributed by atoms with Gasteiger partial charge in [0.25, 0.3) is 0 Å². The highest BCUT2D eigenvalue weighted by atomic mass is 35.5. The Labute approximate surface area is 218 Å². The van der Waals surface area contributed by atoms with Crippen LogP contribution in [0, 0.1) is 5.82 Å². The van der Waals surface area contributed by atoms with Crippen molar-refractivity contribution >= 4 is 23.9 Å². The highest BCUT2D eigenvalue weighted by molar-refractivity contribution is 6.15. The van der Waals surface area contributed by atoms with Gasteiger partial charge < -0.3 is 14.4 Å². The first-order valence-corrected chi connectivity index (χ1v) is 12.3. The van der Waals surface area contributed by atoms with Crippen LogP contribution >= 0.6 is 11.6 Å². The molecule has 0 aromatic carbocycles. The zero-order valence-electron chi connectivity index (χ0n) is 22.2. The maximum atomic E-state index is 14.9. The predicted octanol–water partition coefficient (Wildman–Crippen LogP) is 5.84. The number of carbonyl (C=O) groups excluding carboxylic acids is 1. The monoisotopic (exact) mass is 521 g/mol. The lowest BCUT2D eigenvalue weighted by Gasteiger charge is -2.30. The smallest absolute Gasteiger partial charge is 0.410 e. The van der Waals surface area contributed by atoms with Gasteiger partial charge in [0.1, 0.15) is 5.60 Å². The molecule has 8 nitrogen and oxygen atoms in total. The van der Waals surface area contributed by atoms with E-state index in [0.29, 0.717) is 42.2 Å². The van der Waals surface area contributed by atoms with Crippen molar-refractivity contribution in [2.24, 2.45) is 4.99 Å². The first kappa shape index (κ1) is 30.8. The van der Waals surface area contributed by atoms with Crippen LogP contribution in [0.4, 0.5) is 9.18 Å². The third-order valence-corrected chi connectivity index (χ3v) is 4.90. The molecule has 198 valence electrons. The Bertz CT molecular complexity index is 1110. The summed E-state index contributed by atoms with van der Waals surface area (Å²) in [5, 5.41) is 4.46. The minimum Gasteiger partial charge on any atom is -0.489 e. The van der Waals surface area contributed by atoms with Gasteiger partial charge in [-0.3, -0.25) is 9.98 Å². The molecule has 0 radical (unpaired) electrons. The topological polar surface area (TPSA) is 81.8 Å². The van der Waals surface area contributed by atoms with Gasteiger partial charge in [-0.25, -0.2) is 13.9 Å². The molecule has 0 saturated carbocycles. The highest BCUT2D eigenvalue weighted by Crippen LogP contribution is 2.28. The lowest BCUT2D eigenvalue weighted by Crippen LogP contribution is -2.38. The molecular formula is C26H37ClFN5O3. The average Bonchev–Trinajstić information content (AvgIpc) is 2.84. The van der Waals surface area contributed by atoms with Crippen LogP contribution in [0.15, 0.2) is 42.6 Å². The molecule has 36 heavy (non-hydrogen) atoms. The Kier molecular flexibility index (Phi) is 12.3. The zero-order chi connectivity index (χ0) is 27.5. The molecule has 2 rings (SSSR count). The standard InChI is InChI=1S/C25H34FN5O3.CH3Cl/c1-9-12-13-33-22-15-21(29-31(11-3)23(22)27-8)18-14-20(28-16-19(18)26)17(4)30(10-2)24(32)34-25(5,6)7;1-2/h9,11,14-17H,1,3,10,12-13H2,2,4-8H3;1H3. The van der Waals surface area contributed by atoms with Gasteiger partial charge in [-0.15, -0.1) is 18.2 Å². The van der Waals surface area contributed by atoms with Crippen molar-refractivity contribution in [1.82, 2.24) is 19.7 Å². The summed E-state index contributed by atoms with van der Waals surface area (Å²) in [6.45, 7) is 17.3. The number of amides is 1. The van der Waals surface area contributed by atoms with Crippen LogP contribution in [-0.4, -0.2) is 57.9 Å². The molecule has 2 aromatic rings.